The molecule has 0 fully saturated rings. The Balaban J connectivity index is 1.77. The third-order valence-corrected chi connectivity index (χ3v) is 4.84. The van der Waals surface area contributed by atoms with Crippen LogP contribution in [0.1, 0.15) is 23.7 Å². The Labute approximate surface area is 135 Å². The quantitative estimate of drug-likeness (QED) is 0.772. The molecule has 3 aromatic rings. The molecule has 1 aliphatic rings. The van der Waals surface area contributed by atoms with Gasteiger partial charge < -0.3 is 9.88 Å². The highest BCUT2D eigenvalue weighted by atomic mass is 19.1. The van der Waals surface area contributed by atoms with Gasteiger partial charge in [0.2, 0.25) is 0 Å². The van der Waals surface area contributed by atoms with Crippen LogP contribution in [0.15, 0.2) is 48.5 Å². The summed E-state index contributed by atoms with van der Waals surface area (Å²) >= 11 is 0. The molecule has 0 amide bonds. The van der Waals surface area contributed by atoms with Crippen molar-refractivity contribution < 1.29 is 4.39 Å². The molecule has 0 aliphatic carbocycles. The third kappa shape index (κ3) is 2.66. The Kier molecular flexibility index (Phi) is 3.66. The molecule has 2 nitrogen and oxygen atoms in total. The molecule has 1 aromatic heterocycles. The number of hydrogen-bond acceptors (Lipinski definition) is 1. The lowest BCUT2D eigenvalue weighted by molar-refractivity contribution is 0.492. The van der Waals surface area contributed by atoms with Crippen molar-refractivity contribution >= 4 is 10.9 Å². The van der Waals surface area contributed by atoms with Crippen LogP contribution in [0, 0.1) is 5.82 Å². The van der Waals surface area contributed by atoms with E-state index >= 15 is 0 Å². The maximum atomic E-state index is 13.7. The SMILES string of the molecule is CC1Cc2c(c3cc(F)ccc3n2CCc2ccccc2)CN1. The molecule has 1 aliphatic heterocycles. The van der Waals surface area contributed by atoms with Gasteiger partial charge in [-0.25, -0.2) is 4.39 Å². The van der Waals surface area contributed by atoms with Crippen LogP contribution in [-0.2, 0) is 25.9 Å². The van der Waals surface area contributed by atoms with Gasteiger partial charge in [0.05, 0.1) is 0 Å². The van der Waals surface area contributed by atoms with Crippen LogP contribution in [0.5, 0.6) is 0 Å². The lowest BCUT2D eigenvalue weighted by Gasteiger charge is -2.23. The summed E-state index contributed by atoms with van der Waals surface area (Å²) in [5.74, 6) is -0.154. The highest BCUT2D eigenvalue weighted by Gasteiger charge is 2.23. The second kappa shape index (κ2) is 5.82. The van der Waals surface area contributed by atoms with E-state index in [1.165, 1.54) is 16.8 Å². The van der Waals surface area contributed by atoms with Crippen LogP contribution in [0.4, 0.5) is 4.39 Å². The van der Waals surface area contributed by atoms with Crippen molar-refractivity contribution in [2.24, 2.45) is 0 Å². The van der Waals surface area contributed by atoms with Crippen molar-refractivity contribution in [2.75, 3.05) is 0 Å². The normalized spacial score (nSPS) is 17.4. The first kappa shape index (κ1) is 14.5. The molecule has 1 atom stereocenters. The zero-order chi connectivity index (χ0) is 15.8. The van der Waals surface area contributed by atoms with E-state index in [0.717, 1.165) is 36.8 Å². The summed E-state index contributed by atoms with van der Waals surface area (Å²) < 4.78 is 16.1. The fourth-order valence-electron chi connectivity index (χ4n) is 3.66. The number of fused-ring (bicyclic) bond motifs is 3. The maximum absolute atomic E-state index is 13.7. The van der Waals surface area contributed by atoms with Crippen LogP contribution in [0.2, 0.25) is 0 Å². The van der Waals surface area contributed by atoms with Gasteiger partial charge in [-0.1, -0.05) is 30.3 Å². The zero-order valence-corrected chi connectivity index (χ0v) is 13.3. The summed E-state index contributed by atoms with van der Waals surface area (Å²) in [5.41, 5.74) is 5.13. The molecule has 0 bridgehead atoms. The standard InChI is InChI=1S/C20H21FN2/c1-14-11-20-18(13-22-14)17-12-16(21)7-8-19(17)23(20)10-9-15-5-3-2-4-6-15/h2-8,12,14,22H,9-11,13H2,1H3. The number of nitrogens with one attached hydrogen (secondary N) is 1. The fourth-order valence-corrected chi connectivity index (χ4v) is 3.66. The maximum Gasteiger partial charge on any atom is 0.123 e. The van der Waals surface area contributed by atoms with E-state index in [4.69, 9.17) is 0 Å². The van der Waals surface area contributed by atoms with Gasteiger partial charge in [-0.15, -0.1) is 0 Å². The topological polar surface area (TPSA) is 17.0 Å². The van der Waals surface area contributed by atoms with Crippen LogP contribution in [-0.4, -0.2) is 10.6 Å². The van der Waals surface area contributed by atoms with Crippen LogP contribution in [0.25, 0.3) is 10.9 Å². The predicted molar refractivity (Wildman–Crippen MR) is 92.0 cm³/mol. The fraction of sp³-hybridized carbons (Fsp3) is 0.300. The molecule has 0 radical (unpaired) electrons. The van der Waals surface area contributed by atoms with Gasteiger partial charge in [0.25, 0.3) is 0 Å². The average Bonchev–Trinajstić information content (AvgIpc) is 2.86. The lowest BCUT2D eigenvalue weighted by atomic mass is 10.0. The summed E-state index contributed by atoms with van der Waals surface area (Å²) in [4.78, 5) is 0. The number of benzene rings is 2. The molecular weight excluding hydrogens is 287 g/mol. The van der Waals surface area contributed by atoms with Gasteiger partial charge in [0.15, 0.2) is 0 Å². The van der Waals surface area contributed by atoms with Gasteiger partial charge in [-0.05, 0) is 42.7 Å². The molecule has 0 saturated heterocycles. The molecule has 2 aromatic carbocycles. The highest BCUT2D eigenvalue weighted by molar-refractivity contribution is 5.86. The van der Waals surface area contributed by atoms with E-state index in [2.05, 4.69) is 41.1 Å². The average molecular weight is 308 g/mol. The molecule has 1 unspecified atom stereocenters. The molecule has 118 valence electrons. The molecule has 0 saturated carbocycles. The molecule has 3 heteroatoms. The second-order valence-electron chi connectivity index (χ2n) is 6.46. The lowest BCUT2D eigenvalue weighted by Crippen LogP contribution is -2.33. The number of rotatable bonds is 3. The first-order chi connectivity index (χ1) is 11.2. The number of nitrogens with zero attached hydrogens (tertiary/aromatic N) is 1. The smallest absolute Gasteiger partial charge is 0.123 e. The second-order valence-corrected chi connectivity index (χ2v) is 6.46. The Morgan fingerprint density at radius 1 is 1.17 bits per heavy atom. The van der Waals surface area contributed by atoms with Crippen molar-refractivity contribution in [1.82, 2.24) is 9.88 Å². The van der Waals surface area contributed by atoms with Gasteiger partial charge in [0.1, 0.15) is 5.82 Å². The van der Waals surface area contributed by atoms with Crippen molar-refractivity contribution in [3.8, 4) is 0 Å². The van der Waals surface area contributed by atoms with E-state index in [-0.39, 0.29) is 5.82 Å². The predicted octanol–water partition coefficient (Wildman–Crippen LogP) is 4.06. The van der Waals surface area contributed by atoms with Gasteiger partial charge in [-0.2, -0.15) is 0 Å². The minimum atomic E-state index is -0.154. The van der Waals surface area contributed by atoms with Crippen molar-refractivity contribution in [3.05, 3.63) is 71.2 Å². The monoisotopic (exact) mass is 308 g/mol. The van der Waals surface area contributed by atoms with Gasteiger partial charge >= 0.3 is 0 Å². The summed E-state index contributed by atoms with van der Waals surface area (Å²) in [6.45, 7) is 3.98. The van der Waals surface area contributed by atoms with Gasteiger partial charge in [-0.3, -0.25) is 0 Å². The van der Waals surface area contributed by atoms with Crippen LogP contribution >= 0.6 is 0 Å². The Hall–Kier alpha value is -2.13. The van der Waals surface area contributed by atoms with E-state index in [9.17, 15) is 4.39 Å². The molecule has 4 rings (SSSR count). The summed E-state index contributed by atoms with van der Waals surface area (Å²) in [5, 5.41) is 4.56. The van der Waals surface area contributed by atoms with Crippen molar-refractivity contribution in [1.29, 1.82) is 0 Å². The Morgan fingerprint density at radius 2 is 2.00 bits per heavy atom. The van der Waals surface area contributed by atoms with Crippen molar-refractivity contribution in [3.63, 3.8) is 0 Å². The first-order valence-electron chi connectivity index (χ1n) is 8.29. The van der Waals surface area contributed by atoms with Crippen LogP contribution in [0.3, 0.4) is 0 Å². The summed E-state index contributed by atoms with van der Waals surface area (Å²) in [7, 11) is 0. The third-order valence-electron chi connectivity index (χ3n) is 4.84. The van der Waals surface area contributed by atoms with Gasteiger partial charge in [0, 0.05) is 42.1 Å². The van der Waals surface area contributed by atoms with Crippen LogP contribution < -0.4 is 5.32 Å². The molecule has 1 N–H and O–H groups in total. The van der Waals surface area contributed by atoms with E-state index in [0.29, 0.717) is 6.04 Å². The summed E-state index contributed by atoms with van der Waals surface area (Å²) in [6, 6.07) is 16.2. The van der Waals surface area contributed by atoms with Crippen molar-refractivity contribution in [2.45, 2.75) is 38.9 Å². The minimum Gasteiger partial charge on any atom is -0.344 e. The number of halogens is 1. The molecular formula is C20H21FN2. The largest absolute Gasteiger partial charge is 0.344 e. The number of aryl methyl sites for hydroxylation is 2. The van der Waals surface area contributed by atoms with E-state index < -0.39 is 0 Å². The highest BCUT2D eigenvalue weighted by Crippen LogP contribution is 2.30. The van der Waals surface area contributed by atoms with E-state index in [1.807, 2.05) is 12.1 Å². The number of hydrogen-bond donors (Lipinski definition) is 1. The molecule has 0 spiro atoms. The minimum absolute atomic E-state index is 0.154. The molecule has 23 heavy (non-hydrogen) atoms. The Bertz CT molecular complexity index is 836. The van der Waals surface area contributed by atoms with E-state index in [1.54, 1.807) is 12.1 Å². The molecule has 2 heterocycles. The summed E-state index contributed by atoms with van der Waals surface area (Å²) in [6.07, 6.45) is 2.00. The Morgan fingerprint density at radius 3 is 2.83 bits per heavy atom. The number of aromatic nitrogens is 1. The zero-order valence-electron chi connectivity index (χ0n) is 13.3. The first-order valence-corrected chi connectivity index (χ1v) is 8.29.